The zero-order valence-electron chi connectivity index (χ0n) is 13.3. The van der Waals surface area contributed by atoms with E-state index in [0.29, 0.717) is 13.2 Å². The van der Waals surface area contributed by atoms with Crippen molar-refractivity contribution < 1.29 is 14.3 Å². The maximum Gasteiger partial charge on any atom is 0.234 e. The molecular formula is C16H26N2O3. The second-order valence-electron chi connectivity index (χ2n) is 5.20. The Balaban J connectivity index is 2.47. The summed E-state index contributed by atoms with van der Waals surface area (Å²) in [7, 11) is 1.63. The molecule has 0 aromatic heterocycles. The smallest absolute Gasteiger partial charge is 0.234 e. The van der Waals surface area contributed by atoms with Crippen molar-refractivity contribution in [2.24, 2.45) is 0 Å². The molecule has 1 unspecified atom stereocenters. The van der Waals surface area contributed by atoms with Crippen molar-refractivity contribution in [3.8, 4) is 5.75 Å². The predicted molar refractivity (Wildman–Crippen MR) is 83.5 cm³/mol. The van der Waals surface area contributed by atoms with Gasteiger partial charge in [0.2, 0.25) is 5.91 Å². The highest BCUT2D eigenvalue weighted by Gasteiger charge is 2.10. The second kappa shape index (κ2) is 9.37. The first-order chi connectivity index (χ1) is 10.0. The molecule has 0 saturated heterocycles. The molecule has 1 amide bonds. The van der Waals surface area contributed by atoms with Gasteiger partial charge in [0.15, 0.2) is 0 Å². The Morgan fingerprint density at radius 2 is 2.05 bits per heavy atom. The Bertz CT molecular complexity index is 435. The quantitative estimate of drug-likeness (QED) is 0.683. The molecule has 2 N–H and O–H groups in total. The molecular weight excluding hydrogens is 268 g/mol. The van der Waals surface area contributed by atoms with Crippen LogP contribution in [0, 0.1) is 0 Å². The molecule has 5 heteroatoms. The van der Waals surface area contributed by atoms with Crippen LogP contribution < -0.4 is 15.4 Å². The maximum absolute atomic E-state index is 11.8. The van der Waals surface area contributed by atoms with Gasteiger partial charge in [-0.05, 0) is 38.5 Å². The third-order valence-corrected chi connectivity index (χ3v) is 2.88. The van der Waals surface area contributed by atoms with E-state index in [2.05, 4.69) is 10.6 Å². The third-order valence-electron chi connectivity index (χ3n) is 2.88. The van der Waals surface area contributed by atoms with Gasteiger partial charge < -0.3 is 20.1 Å². The topological polar surface area (TPSA) is 59.6 Å². The number of amides is 1. The molecule has 1 rings (SSSR count). The monoisotopic (exact) mass is 294 g/mol. The number of carbonyl (C=O) groups excluding carboxylic acids is 1. The van der Waals surface area contributed by atoms with Gasteiger partial charge in [-0.1, -0.05) is 12.1 Å². The minimum Gasteiger partial charge on any atom is -0.491 e. The molecule has 0 aliphatic heterocycles. The third kappa shape index (κ3) is 7.11. The average Bonchev–Trinajstić information content (AvgIpc) is 2.43. The van der Waals surface area contributed by atoms with Gasteiger partial charge in [-0.15, -0.1) is 0 Å². The Hall–Kier alpha value is -1.59. The fourth-order valence-electron chi connectivity index (χ4n) is 1.88. The van der Waals surface area contributed by atoms with E-state index in [1.165, 1.54) is 0 Å². The van der Waals surface area contributed by atoms with Crippen LogP contribution in [0.5, 0.6) is 5.75 Å². The molecule has 0 fully saturated rings. The van der Waals surface area contributed by atoms with Crippen LogP contribution in [0.2, 0.25) is 0 Å². The SMILES string of the molecule is COCCNCC(=O)NC(C)c1cccc(OC(C)C)c1. The fourth-order valence-corrected chi connectivity index (χ4v) is 1.88. The first-order valence-corrected chi connectivity index (χ1v) is 7.28. The lowest BCUT2D eigenvalue weighted by atomic mass is 10.1. The summed E-state index contributed by atoms with van der Waals surface area (Å²) in [6, 6.07) is 7.74. The summed E-state index contributed by atoms with van der Waals surface area (Å²) in [6.45, 7) is 7.48. The highest BCUT2D eigenvalue weighted by atomic mass is 16.5. The molecule has 0 bridgehead atoms. The summed E-state index contributed by atoms with van der Waals surface area (Å²) in [5, 5.41) is 5.97. The molecule has 0 heterocycles. The Kier molecular flexibility index (Phi) is 7.79. The first-order valence-electron chi connectivity index (χ1n) is 7.28. The summed E-state index contributed by atoms with van der Waals surface area (Å²) in [6.07, 6.45) is 0.134. The van der Waals surface area contributed by atoms with Gasteiger partial charge in [-0.25, -0.2) is 0 Å². The second-order valence-corrected chi connectivity index (χ2v) is 5.20. The lowest BCUT2D eigenvalue weighted by Gasteiger charge is -2.17. The number of nitrogens with one attached hydrogen (secondary N) is 2. The van der Waals surface area contributed by atoms with Crippen molar-refractivity contribution in [2.75, 3.05) is 26.8 Å². The molecule has 118 valence electrons. The lowest BCUT2D eigenvalue weighted by Crippen LogP contribution is -2.36. The summed E-state index contributed by atoms with van der Waals surface area (Å²) >= 11 is 0. The van der Waals surface area contributed by atoms with Crippen LogP contribution in [0.3, 0.4) is 0 Å². The minimum absolute atomic E-state index is 0.0335. The van der Waals surface area contributed by atoms with E-state index in [4.69, 9.17) is 9.47 Å². The van der Waals surface area contributed by atoms with Crippen molar-refractivity contribution in [3.63, 3.8) is 0 Å². The normalized spacial score (nSPS) is 12.2. The molecule has 1 aromatic rings. The van der Waals surface area contributed by atoms with Crippen LogP contribution in [0.1, 0.15) is 32.4 Å². The lowest BCUT2D eigenvalue weighted by molar-refractivity contribution is -0.120. The van der Waals surface area contributed by atoms with Gasteiger partial charge >= 0.3 is 0 Å². The molecule has 0 radical (unpaired) electrons. The van der Waals surface area contributed by atoms with Gasteiger partial charge in [0.25, 0.3) is 0 Å². The summed E-state index contributed by atoms with van der Waals surface area (Å²) < 4.78 is 10.6. The van der Waals surface area contributed by atoms with Crippen molar-refractivity contribution in [1.29, 1.82) is 0 Å². The largest absolute Gasteiger partial charge is 0.491 e. The minimum atomic E-state index is -0.0579. The highest BCUT2D eigenvalue weighted by Crippen LogP contribution is 2.19. The number of benzene rings is 1. The van der Waals surface area contributed by atoms with Crippen LogP contribution in [0.25, 0.3) is 0 Å². The van der Waals surface area contributed by atoms with Crippen molar-refractivity contribution in [3.05, 3.63) is 29.8 Å². The average molecular weight is 294 g/mol. The number of rotatable bonds is 9. The molecule has 1 aromatic carbocycles. The number of ether oxygens (including phenoxy) is 2. The zero-order chi connectivity index (χ0) is 15.7. The van der Waals surface area contributed by atoms with Gasteiger partial charge in [0.1, 0.15) is 5.75 Å². The molecule has 5 nitrogen and oxygen atoms in total. The van der Waals surface area contributed by atoms with E-state index in [1.54, 1.807) is 7.11 Å². The van der Waals surface area contributed by atoms with Gasteiger partial charge in [-0.2, -0.15) is 0 Å². The van der Waals surface area contributed by atoms with Crippen LogP contribution in [0.15, 0.2) is 24.3 Å². The standard InChI is InChI=1S/C16H26N2O3/c1-12(2)21-15-7-5-6-14(10-15)13(3)18-16(19)11-17-8-9-20-4/h5-7,10,12-13,17H,8-9,11H2,1-4H3,(H,18,19). The first kappa shape index (κ1) is 17.5. The summed E-state index contributed by atoms with van der Waals surface area (Å²) in [4.78, 5) is 11.8. The number of carbonyl (C=O) groups is 1. The van der Waals surface area contributed by atoms with Crippen LogP contribution in [-0.2, 0) is 9.53 Å². The van der Waals surface area contributed by atoms with Crippen molar-refractivity contribution in [2.45, 2.75) is 32.9 Å². The predicted octanol–water partition coefficient (Wildman–Crippen LogP) is 1.89. The van der Waals surface area contributed by atoms with Gasteiger partial charge in [0, 0.05) is 13.7 Å². The van der Waals surface area contributed by atoms with Gasteiger partial charge in [-0.3, -0.25) is 4.79 Å². The highest BCUT2D eigenvalue weighted by molar-refractivity contribution is 5.78. The van der Waals surface area contributed by atoms with E-state index >= 15 is 0 Å². The zero-order valence-corrected chi connectivity index (χ0v) is 13.3. The fraction of sp³-hybridized carbons (Fsp3) is 0.562. The number of methoxy groups -OCH3 is 1. The van der Waals surface area contributed by atoms with Crippen LogP contribution in [0.4, 0.5) is 0 Å². The van der Waals surface area contributed by atoms with E-state index in [-0.39, 0.29) is 24.6 Å². The molecule has 1 atom stereocenters. The van der Waals surface area contributed by atoms with Gasteiger partial charge in [0.05, 0.1) is 25.3 Å². The van der Waals surface area contributed by atoms with E-state index in [0.717, 1.165) is 11.3 Å². The molecule has 0 aliphatic rings. The molecule has 0 aliphatic carbocycles. The van der Waals surface area contributed by atoms with E-state index < -0.39 is 0 Å². The number of hydrogen-bond acceptors (Lipinski definition) is 4. The van der Waals surface area contributed by atoms with Crippen molar-refractivity contribution in [1.82, 2.24) is 10.6 Å². The van der Waals surface area contributed by atoms with E-state index in [9.17, 15) is 4.79 Å². The van der Waals surface area contributed by atoms with E-state index in [1.807, 2.05) is 45.0 Å². The summed E-state index contributed by atoms with van der Waals surface area (Å²) in [5.74, 6) is 0.788. The summed E-state index contributed by atoms with van der Waals surface area (Å²) in [5.41, 5.74) is 1.03. The molecule has 0 spiro atoms. The Morgan fingerprint density at radius 3 is 2.71 bits per heavy atom. The van der Waals surface area contributed by atoms with Crippen molar-refractivity contribution >= 4 is 5.91 Å². The maximum atomic E-state index is 11.8. The Labute approximate surface area is 127 Å². The van der Waals surface area contributed by atoms with Crippen LogP contribution in [-0.4, -0.2) is 38.8 Å². The molecule has 21 heavy (non-hydrogen) atoms. The molecule has 0 saturated carbocycles. The number of hydrogen-bond donors (Lipinski definition) is 2. The van der Waals surface area contributed by atoms with Crippen LogP contribution >= 0.6 is 0 Å². The Morgan fingerprint density at radius 1 is 1.29 bits per heavy atom.